The molecule has 0 aliphatic carbocycles. The lowest BCUT2D eigenvalue weighted by Gasteiger charge is -2.12. The second kappa shape index (κ2) is 6.29. The fourth-order valence-corrected chi connectivity index (χ4v) is 2.23. The number of halogens is 2. The summed E-state index contributed by atoms with van der Waals surface area (Å²) in [5.74, 6) is 0.533. The zero-order valence-corrected chi connectivity index (χ0v) is 12.8. The summed E-state index contributed by atoms with van der Waals surface area (Å²) in [7, 11) is 0. The quantitative estimate of drug-likeness (QED) is 0.736. The summed E-state index contributed by atoms with van der Waals surface area (Å²) in [6.07, 6.45) is 0. The van der Waals surface area contributed by atoms with E-state index in [1.165, 1.54) is 6.92 Å². The summed E-state index contributed by atoms with van der Waals surface area (Å²) in [4.78, 5) is 11.6. The summed E-state index contributed by atoms with van der Waals surface area (Å²) in [5.41, 5.74) is 2.38. The minimum atomic E-state index is -0.0304. The number of carbonyl (C=O) groups is 1. The molecule has 0 amide bonds. The Balaban J connectivity index is 2.24. The normalized spacial score (nSPS) is 10.4. The smallest absolute Gasteiger partial charge is 0.163 e. The second-order valence-electron chi connectivity index (χ2n) is 4.56. The molecule has 2 aromatic rings. The Hall–Kier alpha value is -1.51. The molecule has 0 unspecified atom stereocenters. The Morgan fingerprint density at radius 3 is 2.65 bits per heavy atom. The summed E-state index contributed by atoms with van der Waals surface area (Å²) >= 11 is 12.1. The molecule has 0 heterocycles. The molecule has 0 radical (unpaired) electrons. The van der Waals surface area contributed by atoms with Crippen molar-refractivity contribution in [1.82, 2.24) is 0 Å². The monoisotopic (exact) mass is 308 g/mol. The van der Waals surface area contributed by atoms with Gasteiger partial charge in [0.2, 0.25) is 0 Å². The van der Waals surface area contributed by atoms with Crippen molar-refractivity contribution in [3.05, 3.63) is 63.1 Å². The van der Waals surface area contributed by atoms with Crippen LogP contribution in [0.25, 0.3) is 0 Å². The van der Waals surface area contributed by atoms with Crippen LogP contribution in [0.1, 0.15) is 28.4 Å². The predicted molar refractivity (Wildman–Crippen MR) is 82.0 cm³/mol. The first-order valence-corrected chi connectivity index (χ1v) is 6.92. The first kappa shape index (κ1) is 14.9. The largest absolute Gasteiger partial charge is 0.488 e. The molecule has 0 saturated carbocycles. The van der Waals surface area contributed by atoms with Gasteiger partial charge in [0.1, 0.15) is 12.4 Å². The maximum absolute atomic E-state index is 11.6. The number of hydrogen-bond acceptors (Lipinski definition) is 2. The SMILES string of the molecule is CC(=O)c1ccc(C)cc1OCc1cccc(Cl)c1Cl. The van der Waals surface area contributed by atoms with Gasteiger partial charge in [-0.15, -0.1) is 0 Å². The van der Waals surface area contributed by atoms with E-state index in [9.17, 15) is 4.79 Å². The number of aryl methyl sites for hydroxylation is 1. The van der Waals surface area contributed by atoms with E-state index in [2.05, 4.69) is 0 Å². The molecule has 20 heavy (non-hydrogen) atoms. The Morgan fingerprint density at radius 1 is 1.20 bits per heavy atom. The highest BCUT2D eigenvalue weighted by Gasteiger charge is 2.10. The topological polar surface area (TPSA) is 26.3 Å². The number of hydrogen-bond donors (Lipinski definition) is 0. The Labute approximate surface area is 128 Å². The zero-order valence-electron chi connectivity index (χ0n) is 11.2. The van der Waals surface area contributed by atoms with Crippen molar-refractivity contribution >= 4 is 29.0 Å². The molecule has 0 atom stereocenters. The van der Waals surface area contributed by atoms with Crippen LogP contribution in [-0.4, -0.2) is 5.78 Å². The minimum absolute atomic E-state index is 0.0304. The van der Waals surface area contributed by atoms with E-state index in [1.54, 1.807) is 12.1 Å². The first-order chi connectivity index (χ1) is 9.49. The van der Waals surface area contributed by atoms with Gasteiger partial charge < -0.3 is 4.74 Å². The number of benzene rings is 2. The molecule has 0 fully saturated rings. The Bertz CT molecular complexity index is 651. The summed E-state index contributed by atoms with van der Waals surface area (Å²) in [6, 6.07) is 10.9. The van der Waals surface area contributed by atoms with Crippen LogP contribution in [0.2, 0.25) is 10.0 Å². The van der Waals surface area contributed by atoms with Crippen LogP contribution in [0.4, 0.5) is 0 Å². The van der Waals surface area contributed by atoms with E-state index >= 15 is 0 Å². The third-order valence-corrected chi connectivity index (χ3v) is 3.79. The van der Waals surface area contributed by atoms with Gasteiger partial charge in [0, 0.05) is 5.56 Å². The maximum atomic E-state index is 11.6. The van der Waals surface area contributed by atoms with Crippen molar-refractivity contribution in [1.29, 1.82) is 0 Å². The molecule has 104 valence electrons. The Kier molecular flexibility index (Phi) is 4.69. The highest BCUT2D eigenvalue weighted by Crippen LogP contribution is 2.28. The van der Waals surface area contributed by atoms with Gasteiger partial charge in [-0.05, 0) is 37.6 Å². The Morgan fingerprint density at radius 2 is 1.95 bits per heavy atom. The van der Waals surface area contributed by atoms with Gasteiger partial charge in [0.05, 0.1) is 15.6 Å². The number of Topliss-reactive ketones (excluding diaryl/α,β-unsaturated/α-hetero) is 1. The number of ketones is 1. The summed E-state index contributed by atoms with van der Waals surface area (Å²) < 4.78 is 5.74. The van der Waals surface area contributed by atoms with Crippen LogP contribution >= 0.6 is 23.2 Å². The molecule has 2 aromatic carbocycles. The highest BCUT2D eigenvalue weighted by atomic mass is 35.5. The average Bonchev–Trinajstić information content (AvgIpc) is 2.40. The fourth-order valence-electron chi connectivity index (χ4n) is 1.86. The van der Waals surface area contributed by atoms with E-state index in [4.69, 9.17) is 27.9 Å². The van der Waals surface area contributed by atoms with Gasteiger partial charge >= 0.3 is 0 Å². The molecule has 2 rings (SSSR count). The van der Waals surface area contributed by atoms with Gasteiger partial charge in [-0.2, -0.15) is 0 Å². The second-order valence-corrected chi connectivity index (χ2v) is 5.34. The van der Waals surface area contributed by atoms with Crippen LogP contribution in [-0.2, 0) is 6.61 Å². The summed E-state index contributed by atoms with van der Waals surface area (Å²) in [5, 5.41) is 0.968. The number of rotatable bonds is 4. The van der Waals surface area contributed by atoms with Gasteiger partial charge in [-0.3, -0.25) is 4.79 Å². The lowest BCUT2D eigenvalue weighted by Crippen LogP contribution is -2.02. The van der Waals surface area contributed by atoms with Crippen molar-refractivity contribution in [3.63, 3.8) is 0 Å². The number of ether oxygens (including phenoxy) is 1. The van der Waals surface area contributed by atoms with Gasteiger partial charge in [-0.25, -0.2) is 0 Å². The molecule has 0 saturated heterocycles. The molecule has 4 heteroatoms. The minimum Gasteiger partial charge on any atom is -0.488 e. The molecule has 2 nitrogen and oxygen atoms in total. The molecule has 0 aliphatic heterocycles. The maximum Gasteiger partial charge on any atom is 0.163 e. The molecule has 0 aromatic heterocycles. The van der Waals surface area contributed by atoms with E-state index < -0.39 is 0 Å². The van der Waals surface area contributed by atoms with Crippen LogP contribution in [0.15, 0.2) is 36.4 Å². The zero-order chi connectivity index (χ0) is 14.7. The van der Waals surface area contributed by atoms with Crippen molar-refractivity contribution in [2.45, 2.75) is 20.5 Å². The molecular formula is C16H14Cl2O2. The van der Waals surface area contributed by atoms with Gasteiger partial charge in [0.25, 0.3) is 0 Å². The van der Waals surface area contributed by atoms with E-state index in [0.29, 0.717) is 21.4 Å². The summed E-state index contributed by atoms with van der Waals surface area (Å²) in [6.45, 7) is 3.73. The molecular weight excluding hydrogens is 295 g/mol. The van der Waals surface area contributed by atoms with Crippen LogP contribution in [0.5, 0.6) is 5.75 Å². The van der Waals surface area contributed by atoms with E-state index in [0.717, 1.165) is 11.1 Å². The van der Waals surface area contributed by atoms with Crippen LogP contribution in [0, 0.1) is 6.92 Å². The predicted octanol–water partition coefficient (Wildman–Crippen LogP) is 5.08. The fraction of sp³-hybridized carbons (Fsp3) is 0.188. The average molecular weight is 309 g/mol. The van der Waals surface area contributed by atoms with Crippen molar-refractivity contribution in [3.8, 4) is 5.75 Å². The van der Waals surface area contributed by atoms with E-state index in [1.807, 2.05) is 31.2 Å². The first-order valence-electron chi connectivity index (χ1n) is 6.16. The van der Waals surface area contributed by atoms with Gasteiger partial charge in [0.15, 0.2) is 5.78 Å². The highest BCUT2D eigenvalue weighted by molar-refractivity contribution is 6.42. The van der Waals surface area contributed by atoms with Crippen molar-refractivity contribution in [2.75, 3.05) is 0 Å². The van der Waals surface area contributed by atoms with Crippen molar-refractivity contribution < 1.29 is 9.53 Å². The third-order valence-electron chi connectivity index (χ3n) is 2.93. The molecule has 0 N–H and O–H groups in total. The molecule has 0 bridgehead atoms. The van der Waals surface area contributed by atoms with Crippen molar-refractivity contribution in [2.24, 2.45) is 0 Å². The standard InChI is InChI=1S/C16H14Cl2O2/c1-10-6-7-13(11(2)19)15(8-10)20-9-12-4-3-5-14(17)16(12)18/h3-8H,9H2,1-2H3. The van der Waals surface area contributed by atoms with Gasteiger partial charge in [-0.1, -0.05) is 41.4 Å². The molecule has 0 aliphatic rings. The third kappa shape index (κ3) is 3.33. The lowest BCUT2D eigenvalue weighted by molar-refractivity contribution is 0.101. The van der Waals surface area contributed by atoms with Crippen LogP contribution < -0.4 is 4.74 Å². The van der Waals surface area contributed by atoms with E-state index in [-0.39, 0.29) is 12.4 Å². The van der Waals surface area contributed by atoms with Crippen LogP contribution in [0.3, 0.4) is 0 Å². The molecule has 0 spiro atoms. The lowest BCUT2D eigenvalue weighted by atomic mass is 10.1. The number of carbonyl (C=O) groups excluding carboxylic acids is 1.